The van der Waals surface area contributed by atoms with Gasteiger partial charge >= 0.3 is 0 Å². The molecule has 1 aliphatic carbocycles. The molecule has 1 fully saturated rings. The van der Waals surface area contributed by atoms with Gasteiger partial charge in [-0.3, -0.25) is 4.99 Å². The summed E-state index contributed by atoms with van der Waals surface area (Å²) in [6, 6.07) is 4.43. The van der Waals surface area contributed by atoms with E-state index in [1.54, 1.807) is 12.3 Å². The maximum absolute atomic E-state index is 13.9. The Labute approximate surface area is 132 Å². The molecular weight excluding hydrogens is 298 g/mol. The molecule has 4 rings (SSSR count). The molecule has 0 saturated carbocycles. The van der Waals surface area contributed by atoms with E-state index in [0.717, 1.165) is 30.1 Å². The summed E-state index contributed by atoms with van der Waals surface area (Å²) in [5.41, 5.74) is 2.98. The van der Waals surface area contributed by atoms with E-state index in [2.05, 4.69) is 15.6 Å². The van der Waals surface area contributed by atoms with Gasteiger partial charge in [-0.25, -0.2) is 8.78 Å². The van der Waals surface area contributed by atoms with Gasteiger partial charge in [0.15, 0.2) is 0 Å². The molecular formula is C17H14F2N4. The molecule has 1 saturated heterocycles. The number of aliphatic imine (C=N–C) groups is 1. The number of nitrogens with one attached hydrogen (secondary N) is 2. The monoisotopic (exact) mass is 312 g/mol. The first kappa shape index (κ1) is 14.1. The number of rotatable bonds is 3. The molecule has 2 aliphatic heterocycles. The van der Waals surface area contributed by atoms with Crippen LogP contribution in [0.3, 0.4) is 0 Å². The van der Waals surface area contributed by atoms with E-state index in [4.69, 9.17) is 5.26 Å². The Kier molecular flexibility index (Phi) is 3.24. The van der Waals surface area contributed by atoms with Gasteiger partial charge < -0.3 is 10.6 Å². The summed E-state index contributed by atoms with van der Waals surface area (Å²) in [7, 11) is 0. The Morgan fingerprint density at radius 2 is 2.00 bits per heavy atom. The molecule has 116 valence electrons. The van der Waals surface area contributed by atoms with Gasteiger partial charge in [-0.2, -0.15) is 5.26 Å². The van der Waals surface area contributed by atoms with Crippen molar-refractivity contribution in [2.75, 3.05) is 13.1 Å². The van der Waals surface area contributed by atoms with Gasteiger partial charge in [0.05, 0.1) is 17.4 Å². The predicted molar refractivity (Wildman–Crippen MR) is 81.8 cm³/mol. The van der Waals surface area contributed by atoms with Crippen LogP contribution >= 0.6 is 0 Å². The van der Waals surface area contributed by atoms with Crippen molar-refractivity contribution in [3.63, 3.8) is 0 Å². The van der Waals surface area contributed by atoms with E-state index in [1.165, 1.54) is 12.1 Å². The van der Waals surface area contributed by atoms with Crippen LogP contribution in [0.4, 0.5) is 8.78 Å². The van der Waals surface area contributed by atoms with Crippen molar-refractivity contribution in [1.82, 2.24) is 10.6 Å². The van der Waals surface area contributed by atoms with Crippen LogP contribution in [0, 0.1) is 23.0 Å². The Morgan fingerprint density at radius 1 is 1.26 bits per heavy atom. The van der Waals surface area contributed by atoms with Crippen LogP contribution in [0.5, 0.6) is 0 Å². The summed E-state index contributed by atoms with van der Waals surface area (Å²) in [5, 5.41) is 15.4. The van der Waals surface area contributed by atoms with Crippen molar-refractivity contribution in [2.24, 2.45) is 4.99 Å². The molecule has 1 aromatic carbocycles. The topological polar surface area (TPSA) is 60.2 Å². The number of hydrogen-bond acceptors (Lipinski definition) is 4. The molecule has 0 bridgehead atoms. The molecule has 0 radical (unpaired) electrons. The van der Waals surface area contributed by atoms with Gasteiger partial charge in [-0.05, 0) is 29.7 Å². The van der Waals surface area contributed by atoms with Gasteiger partial charge in [0.25, 0.3) is 0 Å². The Morgan fingerprint density at radius 3 is 2.52 bits per heavy atom. The minimum Gasteiger partial charge on any atom is -0.378 e. The molecule has 2 N–H and O–H groups in total. The number of nitriles is 1. The fraction of sp³-hybridized carbons (Fsp3) is 0.294. The highest BCUT2D eigenvalue weighted by Crippen LogP contribution is 2.38. The highest BCUT2D eigenvalue weighted by atomic mass is 19.1. The largest absolute Gasteiger partial charge is 0.378 e. The lowest BCUT2D eigenvalue weighted by atomic mass is 9.83. The van der Waals surface area contributed by atoms with E-state index in [-0.39, 0.29) is 5.92 Å². The smallest absolute Gasteiger partial charge is 0.144 e. The molecule has 0 spiro atoms. The third-order valence-corrected chi connectivity index (χ3v) is 4.46. The van der Waals surface area contributed by atoms with Crippen LogP contribution in [0.2, 0.25) is 0 Å². The second-order valence-corrected chi connectivity index (χ2v) is 5.99. The average Bonchev–Trinajstić information content (AvgIpc) is 2.44. The Balaban J connectivity index is 1.65. The van der Waals surface area contributed by atoms with Crippen molar-refractivity contribution in [2.45, 2.75) is 18.4 Å². The van der Waals surface area contributed by atoms with Crippen LogP contribution in [-0.4, -0.2) is 25.3 Å². The van der Waals surface area contributed by atoms with Crippen molar-refractivity contribution in [3.8, 4) is 6.07 Å². The second-order valence-electron chi connectivity index (χ2n) is 5.99. The normalized spacial score (nSPS) is 22.7. The number of hydrogen-bond donors (Lipinski definition) is 2. The zero-order chi connectivity index (χ0) is 16.0. The van der Waals surface area contributed by atoms with Crippen LogP contribution < -0.4 is 10.6 Å². The summed E-state index contributed by atoms with van der Waals surface area (Å²) in [6.45, 7) is 1.79. The van der Waals surface area contributed by atoms with Gasteiger partial charge in [0, 0.05) is 25.2 Å². The van der Waals surface area contributed by atoms with Crippen LogP contribution in [-0.2, 0) is 0 Å². The predicted octanol–water partition coefficient (Wildman–Crippen LogP) is 2.11. The highest BCUT2D eigenvalue weighted by Gasteiger charge is 2.29. The van der Waals surface area contributed by atoms with Crippen molar-refractivity contribution >= 4 is 6.21 Å². The van der Waals surface area contributed by atoms with Gasteiger partial charge in [0.2, 0.25) is 0 Å². The van der Waals surface area contributed by atoms with Crippen molar-refractivity contribution in [1.29, 1.82) is 5.26 Å². The second kappa shape index (κ2) is 5.28. The quantitative estimate of drug-likeness (QED) is 0.898. The zero-order valence-electron chi connectivity index (χ0n) is 12.2. The van der Waals surface area contributed by atoms with Gasteiger partial charge in [0.1, 0.15) is 23.3 Å². The molecule has 1 aromatic rings. The molecule has 1 atom stereocenters. The highest BCUT2D eigenvalue weighted by molar-refractivity contribution is 5.89. The Bertz CT molecular complexity index is 789. The molecule has 2 heterocycles. The third-order valence-electron chi connectivity index (χ3n) is 4.46. The summed E-state index contributed by atoms with van der Waals surface area (Å²) in [6.07, 6.45) is 4.44. The minimum absolute atomic E-state index is 0.132. The first-order chi connectivity index (χ1) is 11.2. The lowest BCUT2D eigenvalue weighted by Crippen LogP contribution is -2.55. The van der Waals surface area contributed by atoms with Gasteiger partial charge in [-0.15, -0.1) is 0 Å². The molecule has 4 nitrogen and oxygen atoms in total. The van der Waals surface area contributed by atoms with Crippen LogP contribution in [0.1, 0.15) is 23.5 Å². The zero-order valence-corrected chi connectivity index (χ0v) is 12.2. The standard InChI is InChI=1S/C17H14F2N4/c18-14-2-10(3-15(19)13(14)5-20)9-1-11-6-22-17(11)16(4-9)23-12-7-21-8-12/h2-4,6,9,12,21,23H,1,7-8H2. The fourth-order valence-corrected chi connectivity index (χ4v) is 3.04. The van der Waals surface area contributed by atoms with E-state index in [0.29, 0.717) is 18.0 Å². The van der Waals surface area contributed by atoms with E-state index in [9.17, 15) is 8.78 Å². The first-order valence-corrected chi connectivity index (χ1v) is 7.51. The van der Waals surface area contributed by atoms with E-state index in [1.807, 2.05) is 6.08 Å². The number of nitrogens with zero attached hydrogens (tertiary/aromatic N) is 2. The van der Waals surface area contributed by atoms with Crippen molar-refractivity contribution < 1.29 is 8.78 Å². The van der Waals surface area contributed by atoms with Crippen LogP contribution in [0.15, 0.2) is 40.2 Å². The van der Waals surface area contributed by atoms with Gasteiger partial charge in [-0.1, -0.05) is 6.08 Å². The lowest BCUT2D eigenvalue weighted by molar-refractivity contribution is 0.392. The molecule has 0 aromatic heterocycles. The maximum atomic E-state index is 13.9. The third kappa shape index (κ3) is 2.34. The SMILES string of the molecule is N#Cc1c(F)cc(C2C=C(NC3CNC3)C3=C(C=N3)C2)cc1F. The summed E-state index contributed by atoms with van der Waals surface area (Å²) >= 11 is 0. The maximum Gasteiger partial charge on any atom is 0.144 e. The summed E-state index contributed by atoms with van der Waals surface area (Å²) in [5.74, 6) is -1.75. The first-order valence-electron chi connectivity index (χ1n) is 7.51. The van der Waals surface area contributed by atoms with Crippen LogP contribution in [0.25, 0.3) is 0 Å². The number of allylic oxidation sites excluding steroid dienone is 2. The lowest BCUT2D eigenvalue weighted by Gasteiger charge is -2.34. The average molecular weight is 312 g/mol. The Hall–Kier alpha value is -2.52. The van der Waals surface area contributed by atoms with Crippen molar-refractivity contribution in [3.05, 3.63) is 57.9 Å². The number of halogens is 2. The molecule has 3 aliphatic rings. The summed E-state index contributed by atoms with van der Waals surface area (Å²) in [4.78, 5) is 4.29. The molecule has 6 heteroatoms. The minimum atomic E-state index is -0.810. The molecule has 1 unspecified atom stereocenters. The molecule has 0 amide bonds. The van der Waals surface area contributed by atoms with E-state index < -0.39 is 17.2 Å². The molecule has 23 heavy (non-hydrogen) atoms. The fourth-order valence-electron chi connectivity index (χ4n) is 3.04. The number of benzene rings is 1. The summed E-state index contributed by atoms with van der Waals surface area (Å²) < 4.78 is 27.8. The van der Waals surface area contributed by atoms with E-state index >= 15 is 0 Å².